The number of benzene rings is 1. The summed E-state index contributed by atoms with van der Waals surface area (Å²) in [6.07, 6.45) is 0.959. The quantitative estimate of drug-likeness (QED) is 0.868. The molecule has 1 amide bonds. The molecule has 1 rings (SSSR count). The Kier molecular flexibility index (Phi) is 4.24. The molecule has 0 unspecified atom stereocenters. The molecule has 0 aliphatic heterocycles. The number of hydrogen-bond acceptors (Lipinski definition) is 4. The van der Waals surface area contributed by atoms with E-state index in [0.717, 1.165) is 6.26 Å². The van der Waals surface area contributed by atoms with Crippen LogP contribution in [0.5, 0.6) is 0 Å². The molecule has 90 valence electrons. The van der Waals surface area contributed by atoms with E-state index in [1.54, 1.807) is 30.3 Å². The van der Waals surface area contributed by atoms with Crippen molar-refractivity contribution in [1.82, 2.24) is 0 Å². The number of nitriles is 1. The fourth-order valence-corrected chi connectivity index (χ4v) is 2.06. The van der Waals surface area contributed by atoms with Crippen LogP contribution >= 0.6 is 0 Å². The summed E-state index contributed by atoms with van der Waals surface area (Å²) in [4.78, 5) is 11.1. The highest BCUT2D eigenvalue weighted by Crippen LogP contribution is 2.11. The van der Waals surface area contributed by atoms with Gasteiger partial charge in [-0.05, 0) is 17.7 Å². The van der Waals surface area contributed by atoms with Crippen LogP contribution in [-0.2, 0) is 20.4 Å². The van der Waals surface area contributed by atoms with Gasteiger partial charge in [-0.2, -0.15) is 5.26 Å². The van der Waals surface area contributed by atoms with E-state index in [1.807, 2.05) is 0 Å². The number of hydrogen-bond donors (Lipinski definition) is 1. The first-order valence-electron chi connectivity index (χ1n) is 4.84. The van der Waals surface area contributed by atoms with Crippen molar-refractivity contribution in [1.29, 1.82) is 5.26 Å². The van der Waals surface area contributed by atoms with Crippen molar-refractivity contribution in [3.05, 3.63) is 29.8 Å². The van der Waals surface area contributed by atoms with Crippen LogP contribution in [0.4, 0.5) is 5.69 Å². The molecule has 0 saturated carbocycles. The van der Waals surface area contributed by atoms with E-state index in [-0.39, 0.29) is 18.1 Å². The van der Waals surface area contributed by atoms with Crippen LogP contribution in [0.3, 0.4) is 0 Å². The third kappa shape index (κ3) is 5.13. The number of rotatable bonds is 4. The fraction of sp³-hybridized carbons (Fsp3) is 0.273. The highest BCUT2D eigenvalue weighted by Gasteiger charge is 2.05. The zero-order chi connectivity index (χ0) is 12.9. The molecule has 1 N–H and O–H groups in total. The molecule has 0 fully saturated rings. The number of nitrogens with one attached hydrogen (secondary N) is 1. The molecule has 0 aliphatic carbocycles. The van der Waals surface area contributed by atoms with Crippen molar-refractivity contribution in [3.8, 4) is 6.07 Å². The van der Waals surface area contributed by atoms with Gasteiger partial charge in [0, 0.05) is 11.9 Å². The van der Waals surface area contributed by atoms with Crippen LogP contribution in [0.15, 0.2) is 24.3 Å². The summed E-state index contributed by atoms with van der Waals surface area (Å²) in [6, 6.07) is 8.21. The first-order chi connectivity index (χ1) is 7.90. The van der Waals surface area contributed by atoms with Crippen molar-refractivity contribution >= 4 is 21.4 Å². The zero-order valence-electron chi connectivity index (χ0n) is 9.30. The largest absolute Gasteiger partial charge is 0.325 e. The van der Waals surface area contributed by atoms with E-state index in [1.165, 1.54) is 0 Å². The van der Waals surface area contributed by atoms with E-state index in [0.29, 0.717) is 11.3 Å². The highest BCUT2D eigenvalue weighted by atomic mass is 32.2. The molecule has 6 heteroatoms. The number of nitrogens with zero attached hydrogens (tertiary/aromatic N) is 1. The van der Waals surface area contributed by atoms with E-state index in [4.69, 9.17) is 5.26 Å². The molecular weight excluding hydrogens is 240 g/mol. The van der Waals surface area contributed by atoms with E-state index >= 15 is 0 Å². The van der Waals surface area contributed by atoms with Gasteiger partial charge in [0.2, 0.25) is 5.91 Å². The number of carbonyl (C=O) groups is 1. The molecule has 1 aromatic carbocycles. The van der Waals surface area contributed by atoms with Crippen LogP contribution in [-0.4, -0.2) is 20.6 Å². The predicted octanol–water partition coefficient (Wildman–Crippen LogP) is 1.08. The summed E-state index contributed by atoms with van der Waals surface area (Å²) in [7, 11) is -3.05. The molecule has 0 aliphatic rings. The second-order valence-electron chi connectivity index (χ2n) is 3.65. The maximum Gasteiger partial charge on any atom is 0.238 e. The molecule has 0 heterocycles. The van der Waals surface area contributed by atoms with Crippen LogP contribution in [0.1, 0.15) is 12.0 Å². The molecule has 0 atom stereocenters. The van der Waals surface area contributed by atoms with Gasteiger partial charge in [0.25, 0.3) is 0 Å². The maximum absolute atomic E-state index is 11.1. The number of sulfone groups is 1. The van der Waals surface area contributed by atoms with Crippen molar-refractivity contribution < 1.29 is 13.2 Å². The third-order valence-electron chi connectivity index (χ3n) is 1.91. The average Bonchev–Trinajstić information content (AvgIpc) is 2.19. The Balaban J connectivity index is 2.69. The lowest BCUT2D eigenvalue weighted by atomic mass is 10.2. The van der Waals surface area contributed by atoms with Gasteiger partial charge < -0.3 is 5.32 Å². The summed E-state index contributed by atoms with van der Waals surface area (Å²) in [5, 5.41) is 10.8. The molecule has 17 heavy (non-hydrogen) atoms. The lowest BCUT2D eigenvalue weighted by molar-refractivity contribution is -0.115. The molecule has 0 aromatic heterocycles. The molecule has 1 aromatic rings. The predicted molar refractivity (Wildman–Crippen MR) is 63.8 cm³/mol. The normalized spacial score (nSPS) is 10.6. The number of anilines is 1. The second kappa shape index (κ2) is 5.46. The van der Waals surface area contributed by atoms with Crippen LogP contribution in [0.2, 0.25) is 0 Å². The van der Waals surface area contributed by atoms with Crippen molar-refractivity contribution in [2.24, 2.45) is 0 Å². The lowest BCUT2D eigenvalue weighted by Gasteiger charge is -2.04. The Morgan fingerprint density at radius 2 is 1.94 bits per heavy atom. The van der Waals surface area contributed by atoms with Gasteiger partial charge in [0.15, 0.2) is 9.84 Å². The molecule has 0 spiro atoms. The van der Waals surface area contributed by atoms with Crippen LogP contribution in [0.25, 0.3) is 0 Å². The number of carbonyl (C=O) groups excluding carboxylic acids is 1. The van der Waals surface area contributed by atoms with E-state index in [9.17, 15) is 13.2 Å². The Hall–Kier alpha value is -1.87. The topological polar surface area (TPSA) is 87.0 Å². The second-order valence-corrected chi connectivity index (χ2v) is 5.79. The SMILES string of the molecule is CS(=O)(=O)Cc1ccc(NC(=O)CC#N)cc1. The molecular formula is C11H12N2O3S. The third-order valence-corrected chi connectivity index (χ3v) is 2.76. The highest BCUT2D eigenvalue weighted by molar-refractivity contribution is 7.89. The molecule has 0 radical (unpaired) electrons. The van der Waals surface area contributed by atoms with Crippen LogP contribution in [0, 0.1) is 11.3 Å². The average molecular weight is 252 g/mol. The summed E-state index contributed by atoms with van der Waals surface area (Å²) in [5.41, 5.74) is 1.20. The monoisotopic (exact) mass is 252 g/mol. The standard InChI is InChI=1S/C11H12N2O3S/c1-17(15,16)8-9-2-4-10(5-3-9)13-11(14)6-7-12/h2-5H,6,8H2,1H3,(H,13,14). The fourth-order valence-electron chi connectivity index (χ4n) is 1.26. The van der Waals surface area contributed by atoms with Crippen molar-refractivity contribution in [2.45, 2.75) is 12.2 Å². The minimum absolute atomic E-state index is 0.0284. The number of amides is 1. The van der Waals surface area contributed by atoms with E-state index in [2.05, 4.69) is 5.32 Å². The maximum atomic E-state index is 11.1. The Morgan fingerprint density at radius 1 is 1.35 bits per heavy atom. The minimum Gasteiger partial charge on any atom is -0.325 e. The van der Waals surface area contributed by atoms with Crippen molar-refractivity contribution in [3.63, 3.8) is 0 Å². The minimum atomic E-state index is -3.05. The molecule has 0 saturated heterocycles. The van der Waals surface area contributed by atoms with Gasteiger partial charge in [-0.3, -0.25) is 4.79 Å². The van der Waals surface area contributed by atoms with Gasteiger partial charge in [0.1, 0.15) is 6.42 Å². The van der Waals surface area contributed by atoms with E-state index < -0.39 is 9.84 Å². The summed E-state index contributed by atoms with van der Waals surface area (Å²) in [5.74, 6) is -0.414. The smallest absolute Gasteiger partial charge is 0.238 e. The Labute approximate surface area is 100.0 Å². The van der Waals surface area contributed by atoms with Crippen molar-refractivity contribution in [2.75, 3.05) is 11.6 Å². The summed E-state index contributed by atoms with van der Waals surface area (Å²) in [6.45, 7) is 0. The lowest BCUT2D eigenvalue weighted by Crippen LogP contribution is -2.10. The zero-order valence-corrected chi connectivity index (χ0v) is 10.1. The van der Waals surface area contributed by atoms with Crippen LogP contribution < -0.4 is 5.32 Å². The van der Waals surface area contributed by atoms with Gasteiger partial charge >= 0.3 is 0 Å². The molecule has 5 nitrogen and oxygen atoms in total. The van der Waals surface area contributed by atoms with Gasteiger partial charge in [-0.25, -0.2) is 8.42 Å². The Bertz CT molecular complexity index is 541. The van der Waals surface area contributed by atoms with Gasteiger partial charge in [-0.15, -0.1) is 0 Å². The summed E-state index contributed by atoms with van der Waals surface area (Å²) >= 11 is 0. The molecule has 0 bridgehead atoms. The first-order valence-corrected chi connectivity index (χ1v) is 6.90. The first kappa shape index (κ1) is 13.2. The summed E-state index contributed by atoms with van der Waals surface area (Å²) < 4.78 is 22.1. The van der Waals surface area contributed by atoms with Gasteiger partial charge in [-0.1, -0.05) is 12.1 Å². The Morgan fingerprint density at radius 3 is 2.41 bits per heavy atom. The van der Waals surface area contributed by atoms with Gasteiger partial charge in [0.05, 0.1) is 11.8 Å².